The van der Waals surface area contributed by atoms with Crippen molar-refractivity contribution in [1.82, 2.24) is 5.32 Å². The fourth-order valence-corrected chi connectivity index (χ4v) is 1.73. The quantitative estimate of drug-likeness (QED) is 0.701. The minimum absolute atomic E-state index is 0.870. The van der Waals surface area contributed by atoms with Gasteiger partial charge in [0, 0.05) is 11.4 Å². The van der Waals surface area contributed by atoms with Crippen molar-refractivity contribution in [2.24, 2.45) is 0 Å². The smallest absolute Gasteiger partial charge is 0.0558 e. The Morgan fingerprint density at radius 2 is 2.56 bits per heavy atom. The third-order valence-corrected chi connectivity index (χ3v) is 2.42. The number of nitrogens with one attached hydrogen (secondary N) is 1. The van der Waals surface area contributed by atoms with Gasteiger partial charge in [0.15, 0.2) is 0 Å². The van der Waals surface area contributed by atoms with Gasteiger partial charge in [-0.05, 0) is 18.5 Å². The van der Waals surface area contributed by atoms with Gasteiger partial charge >= 0.3 is 0 Å². The highest BCUT2D eigenvalue weighted by atomic mass is 35.5. The standard InChI is InChI=1S/C6H8ClNS/c1-8-4-6-5(7)2-3-9-6/h2-3,8H,4H2,1H3. The molecule has 50 valence electrons. The highest BCUT2D eigenvalue weighted by molar-refractivity contribution is 7.10. The molecule has 0 aliphatic heterocycles. The maximum Gasteiger partial charge on any atom is 0.0558 e. The molecule has 0 unspecified atom stereocenters. The van der Waals surface area contributed by atoms with E-state index in [-0.39, 0.29) is 0 Å². The zero-order valence-electron chi connectivity index (χ0n) is 5.15. The summed E-state index contributed by atoms with van der Waals surface area (Å²) in [6.07, 6.45) is 0. The van der Waals surface area contributed by atoms with Crippen LogP contribution in [0.4, 0.5) is 0 Å². The molecule has 0 spiro atoms. The first-order valence-electron chi connectivity index (χ1n) is 2.71. The first kappa shape index (κ1) is 7.06. The van der Waals surface area contributed by atoms with E-state index in [0.717, 1.165) is 11.6 Å². The Morgan fingerprint density at radius 3 is 3.00 bits per heavy atom. The second-order valence-corrected chi connectivity index (χ2v) is 3.13. The van der Waals surface area contributed by atoms with Crippen molar-refractivity contribution in [1.29, 1.82) is 0 Å². The van der Waals surface area contributed by atoms with Crippen molar-refractivity contribution in [3.8, 4) is 0 Å². The SMILES string of the molecule is CNCc1sccc1Cl. The van der Waals surface area contributed by atoms with E-state index in [1.165, 1.54) is 4.88 Å². The molecular weight excluding hydrogens is 154 g/mol. The first-order chi connectivity index (χ1) is 4.34. The summed E-state index contributed by atoms with van der Waals surface area (Å²) in [4.78, 5) is 1.21. The average molecular weight is 162 g/mol. The molecule has 1 rings (SSSR count). The van der Waals surface area contributed by atoms with Crippen LogP contribution in [0.5, 0.6) is 0 Å². The Hall–Kier alpha value is -0.0500. The van der Waals surface area contributed by atoms with Gasteiger partial charge in [0.1, 0.15) is 0 Å². The second kappa shape index (κ2) is 3.20. The summed E-state index contributed by atoms with van der Waals surface area (Å²) < 4.78 is 0. The Morgan fingerprint density at radius 1 is 1.78 bits per heavy atom. The van der Waals surface area contributed by atoms with Crippen molar-refractivity contribution in [3.05, 3.63) is 21.3 Å². The van der Waals surface area contributed by atoms with Crippen LogP contribution in [-0.4, -0.2) is 7.05 Å². The molecule has 0 aromatic carbocycles. The monoisotopic (exact) mass is 161 g/mol. The molecule has 1 aromatic heterocycles. The Labute approximate surface area is 63.7 Å². The third-order valence-electron chi connectivity index (χ3n) is 1.03. The Bertz CT molecular complexity index is 185. The number of hydrogen-bond acceptors (Lipinski definition) is 2. The lowest BCUT2D eigenvalue weighted by Gasteiger charge is -1.92. The van der Waals surface area contributed by atoms with Crippen LogP contribution in [-0.2, 0) is 6.54 Å². The van der Waals surface area contributed by atoms with Gasteiger partial charge in [-0.3, -0.25) is 0 Å². The summed E-state index contributed by atoms with van der Waals surface area (Å²) in [6.45, 7) is 0.872. The van der Waals surface area contributed by atoms with Crippen LogP contribution in [0.25, 0.3) is 0 Å². The molecule has 9 heavy (non-hydrogen) atoms. The summed E-state index contributed by atoms with van der Waals surface area (Å²) in [6, 6.07) is 1.92. The molecule has 0 fully saturated rings. The minimum atomic E-state index is 0.870. The largest absolute Gasteiger partial charge is 0.315 e. The van der Waals surface area contributed by atoms with E-state index in [9.17, 15) is 0 Å². The molecular formula is C6H8ClNS. The summed E-state index contributed by atoms with van der Waals surface area (Å²) in [5, 5.41) is 5.90. The minimum Gasteiger partial charge on any atom is -0.315 e. The predicted octanol–water partition coefficient (Wildman–Crippen LogP) is 2.12. The third kappa shape index (κ3) is 1.68. The summed E-state index contributed by atoms with van der Waals surface area (Å²) in [5.41, 5.74) is 0. The van der Waals surface area contributed by atoms with Crippen LogP contribution in [0, 0.1) is 0 Å². The average Bonchev–Trinajstić information content (AvgIpc) is 2.18. The normalized spacial score (nSPS) is 10.0. The fraction of sp³-hybridized carbons (Fsp3) is 0.333. The van der Waals surface area contributed by atoms with E-state index >= 15 is 0 Å². The summed E-state index contributed by atoms with van der Waals surface area (Å²) in [7, 11) is 1.91. The molecule has 0 atom stereocenters. The molecule has 3 heteroatoms. The summed E-state index contributed by atoms with van der Waals surface area (Å²) >= 11 is 7.47. The first-order valence-corrected chi connectivity index (χ1v) is 3.97. The van der Waals surface area contributed by atoms with E-state index in [0.29, 0.717) is 0 Å². The Balaban J connectivity index is 2.69. The van der Waals surface area contributed by atoms with E-state index < -0.39 is 0 Å². The lowest BCUT2D eigenvalue weighted by molar-refractivity contribution is 0.831. The van der Waals surface area contributed by atoms with Crippen molar-refractivity contribution >= 4 is 22.9 Å². The maximum absolute atomic E-state index is 5.79. The predicted molar refractivity (Wildman–Crippen MR) is 42.1 cm³/mol. The lowest BCUT2D eigenvalue weighted by Crippen LogP contribution is -2.03. The second-order valence-electron chi connectivity index (χ2n) is 1.72. The van der Waals surface area contributed by atoms with Crippen molar-refractivity contribution in [2.75, 3.05) is 7.05 Å². The molecule has 1 heterocycles. The maximum atomic E-state index is 5.79. The van der Waals surface area contributed by atoms with Crippen LogP contribution in [0.2, 0.25) is 5.02 Å². The molecule has 0 saturated heterocycles. The Kier molecular flexibility index (Phi) is 2.51. The van der Waals surface area contributed by atoms with Gasteiger partial charge in [-0.1, -0.05) is 11.6 Å². The zero-order valence-corrected chi connectivity index (χ0v) is 6.72. The molecule has 1 nitrogen and oxygen atoms in total. The van der Waals surface area contributed by atoms with Gasteiger partial charge < -0.3 is 5.32 Å². The fourth-order valence-electron chi connectivity index (χ4n) is 0.612. The van der Waals surface area contributed by atoms with Gasteiger partial charge in [0.2, 0.25) is 0 Å². The van der Waals surface area contributed by atoms with Gasteiger partial charge in [-0.25, -0.2) is 0 Å². The number of halogens is 1. The van der Waals surface area contributed by atoms with E-state index in [2.05, 4.69) is 5.32 Å². The van der Waals surface area contributed by atoms with Gasteiger partial charge in [-0.15, -0.1) is 11.3 Å². The molecule has 0 saturated carbocycles. The molecule has 0 aliphatic rings. The molecule has 1 N–H and O–H groups in total. The lowest BCUT2D eigenvalue weighted by atomic mass is 10.5. The molecule has 0 bridgehead atoms. The highest BCUT2D eigenvalue weighted by Crippen LogP contribution is 2.20. The van der Waals surface area contributed by atoms with Crippen molar-refractivity contribution < 1.29 is 0 Å². The van der Waals surface area contributed by atoms with Gasteiger partial charge in [0.05, 0.1) is 5.02 Å². The van der Waals surface area contributed by atoms with Crippen LogP contribution in [0.1, 0.15) is 4.88 Å². The van der Waals surface area contributed by atoms with Crippen LogP contribution >= 0.6 is 22.9 Å². The molecule has 1 aromatic rings. The van der Waals surface area contributed by atoms with Crippen molar-refractivity contribution in [3.63, 3.8) is 0 Å². The van der Waals surface area contributed by atoms with E-state index in [1.807, 2.05) is 18.5 Å². The topological polar surface area (TPSA) is 12.0 Å². The number of hydrogen-bond donors (Lipinski definition) is 1. The molecule has 0 aliphatic carbocycles. The molecule has 0 radical (unpaired) electrons. The summed E-state index contributed by atoms with van der Waals surface area (Å²) in [5.74, 6) is 0. The highest BCUT2D eigenvalue weighted by Gasteiger charge is 1.97. The van der Waals surface area contributed by atoms with E-state index in [1.54, 1.807) is 11.3 Å². The number of rotatable bonds is 2. The zero-order chi connectivity index (χ0) is 6.69. The van der Waals surface area contributed by atoms with Gasteiger partial charge in [0.25, 0.3) is 0 Å². The van der Waals surface area contributed by atoms with Gasteiger partial charge in [-0.2, -0.15) is 0 Å². The van der Waals surface area contributed by atoms with Crippen LogP contribution in [0.3, 0.4) is 0 Å². The number of thiophene rings is 1. The van der Waals surface area contributed by atoms with E-state index in [4.69, 9.17) is 11.6 Å². The van der Waals surface area contributed by atoms with Crippen LogP contribution < -0.4 is 5.32 Å². The van der Waals surface area contributed by atoms with Crippen molar-refractivity contribution in [2.45, 2.75) is 6.54 Å². The van der Waals surface area contributed by atoms with Crippen LogP contribution in [0.15, 0.2) is 11.4 Å². The molecule has 0 amide bonds.